The number of imide groups is 1. The fraction of sp³-hybridized carbons (Fsp3) is 0.500. The number of hydrogen-bond acceptors (Lipinski definition) is 7. The van der Waals surface area contributed by atoms with E-state index in [2.05, 4.69) is 10.6 Å². The van der Waals surface area contributed by atoms with Crippen LogP contribution in [-0.4, -0.2) is 53.3 Å². The van der Waals surface area contributed by atoms with Crippen molar-refractivity contribution >= 4 is 46.1 Å². The molecule has 1 aromatic heterocycles. The predicted octanol–water partition coefficient (Wildman–Crippen LogP) is 0.538. The molecule has 2 heterocycles. The number of rotatable bonds is 6. The summed E-state index contributed by atoms with van der Waals surface area (Å²) in [5.74, 6) is -2.71. The van der Waals surface area contributed by atoms with Gasteiger partial charge in [-0.05, 0) is 45.1 Å². The first-order valence-corrected chi connectivity index (χ1v) is 9.95. The van der Waals surface area contributed by atoms with E-state index in [4.69, 9.17) is 10.5 Å². The summed E-state index contributed by atoms with van der Waals surface area (Å²) in [6.45, 7) is 1.82. The number of urea groups is 1. The maximum Gasteiger partial charge on any atom is 0.326 e. The molecule has 1 saturated heterocycles. The minimum Gasteiger partial charge on any atom is -0.454 e. The van der Waals surface area contributed by atoms with Crippen molar-refractivity contribution in [2.24, 2.45) is 5.73 Å². The fourth-order valence-electron chi connectivity index (χ4n) is 3.36. The van der Waals surface area contributed by atoms with E-state index in [1.54, 1.807) is 0 Å². The summed E-state index contributed by atoms with van der Waals surface area (Å²) in [7, 11) is 0. The molecule has 11 heteroatoms. The van der Waals surface area contributed by atoms with Crippen LogP contribution in [0, 0.1) is 0 Å². The Hall–Kier alpha value is -2.95. The van der Waals surface area contributed by atoms with Gasteiger partial charge in [0.1, 0.15) is 17.1 Å². The van der Waals surface area contributed by atoms with Gasteiger partial charge in [-0.1, -0.05) is 0 Å². The molecule has 4 N–H and O–H groups in total. The van der Waals surface area contributed by atoms with E-state index in [1.807, 2.05) is 0 Å². The highest BCUT2D eigenvalue weighted by Crippen LogP contribution is 2.37. The summed E-state index contributed by atoms with van der Waals surface area (Å²) >= 11 is 1.30. The van der Waals surface area contributed by atoms with Gasteiger partial charge in [0.25, 0.3) is 17.7 Å². The standard InChI is InChI=1S/C18H22N4O6S/c1-18(2)16(26)22(17(27)21-18)7-12(24)28-8-11(23)20-15-13(14(19)25)9-5-3-4-6-10(9)29-15/h3-8H2,1-2H3,(H2,19,25)(H,20,23)(H,21,27). The number of nitrogens with two attached hydrogens (primary N) is 1. The van der Waals surface area contributed by atoms with E-state index in [9.17, 15) is 24.0 Å². The number of aryl methyl sites for hydroxylation is 1. The smallest absolute Gasteiger partial charge is 0.326 e. The van der Waals surface area contributed by atoms with Crippen molar-refractivity contribution in [3.05, 3.63) is 16.0 Å². The Morgan fingerprint density at radius 1 is 1.24 bits per heavy atom. The van der Waals surface area contributed by atoms with Gasteiger partial charge >= 0.3 is 12.0 Å². The van der Waals surface area contributed by atoms with Crippen LogP contribution in [0.5, 0.6) is 0 Å². The van der Waals surface area contributed by atoms with Crippen molar-refractivity contribution in [1.29, 1.82) is 0 Å². The van der Waals surface area contributed by atoms with E-state index in [-0.39, 0.29) is 0 Å². The number of nitrogens with zero attached hydrogens (tertiary/aromatic N) is 1. The molecule has 1 fully saturated rings. The highest BCUT2D eigenvalue weighted by Gasteiger charge is 2.45. The molecular formula is C18H22N4O6S. The van der Waals surface area contributed by atoms with Crippen LogP contribution >= 0.6 is 11.3 Å². The molecule has 3 rings (SSSR count). The monoisotopic (exact) mass is 422 g/mol. The Balaban J connectivity index is 1.57. The second kappa shape index (κ2) is 7.82. The van der Waals surface area contributed by atoms with Gasteiger partial charge in [-0.3, -0.25) is 24.1 Å². The molecular weight excluding hydrogens is 400 g/mol. The average Bonchev–Trinajstić information content (AvgIpc) is 3.09. The zero-order valence-corrected chi connectivity index (χ0v) is 16.9. The number of nitrogens with one attached hydrogen (secondary N) is 2. The van der Waals surface area contributed by atoms with E-state index in [0.717, 1.165) is 41.0 Å². The minimum atomic E-state index is -1.10. The lowest BCUT2D eigenvalue weighted by molar-refractivity contribution is -0.150. The SMILES string of the molecule is CC1(C)NC(=O)N(CC(=O)OCC(=O)Nc2sc3c(c2C(N)=O)CCCC3)C1=O. The van der Waals surface area contributed by atoms with Crippen molar-refractivity contribution in [3.8, 4) is 0 Å². The lowest BCUT2D eigenvalue weighted by Crippen LogP contribution is -2.41. The van der Waals surface area contributed by atoms with Crippen molar-refractivity contribution < 1.29 is 28.7 Å². The van der Waals surface area contributed by atoms with Crippen LogP contribution in [0.1, 0.15) is 47.5 Å². The summed E-state index contributed by atoms with van der Waals surface area (Å²) in [5.41, 5.74) is 5.57. The highest BCUT2D eigenvalue weighted by molar-refractivity contribution is 7.17. The number of carbonyl (C=O) groups excluding carboxylic acids is 5. The number of fused-ring (bicyclic) bond motifs is 1. The molecule has 2 aliphatic rings. The molecule has 1 aliphatic heterocycles. The summed E-state index contributed by atoms with van der Waals surface area (Å²) < 4.78 is 4.87. The summed E-state index contributed by atoms with van der Waals surface area (Å²) in [6, 6.07) is -0.698. The van der Waals surface area contributed by atoms with Gasteiger partial charge in [-0.2, -0.15) is 0 Å². The van der Waals surface area contributed by atoms with Crippen LogP contribution in [0.3, 0.4) is 0 Å². The van der Waals surface area contributed by atoms with Crippen LogP contribution in [0.2, 0.25) is 0 Å². The quantitative estimate of drug-likeness (QED) is 0.450. The summed E-state index contributed by atoms with van der Waals surface area (Å²) in [4.78, 5) is 61.6. The molecule has 0 spiro atoms. The van der Waals surface area contributed by atoms with Crippen LogP contribution < -0.4 is 16.4 Å². The molecule has 29 heavy (non-hydrogen) atoms. The summed E-state index contributed by atoms with van der Waals surface area (Å²) in [5, 5.41) is 5.36. The third kappa shape index (κ3) is 4.24. The minimum absolute atomic E-state index is 0.311. The number of anilines is 1. The lowest BCUT2D eigenvalue weighted by Gasteiger charge is -2.15. The molecule has 5 amide bonds. The molecule has 0 radical (unpaired) electrons. The van der Waals surface area contributed by atoms with Crippen molar-refractivity contribution in [2.45, 2.75) is 45.1 Å². The zero-order valence-electron chi connectivity index (χ0n) is 16.1. The number of amides is 5. The second-order valence-corrected chi connectivity index (χ2v) is 8.54. The number of carbonyl (C=O) groups is 5. The molecule has 0 unspecified atom stereocenters. The summed E-state index contributed by atoms with van der Waals surface area (Å²) in [6.07, 6.45) is 3.52. The van der Waals surface area contributed by atoms with Gasteiger partial charge in [-0.15, -0.1) is 11.3 Å². The van der Waals surface area contributed by atoms with Gasteiger partial charge in [0.2, 0.25) is 0 Å². The lowest BCUT2D eigenvalue weighted by atomic mass is 9.95. The van der Waals surface area contributed by atoms with Gasteiger partial charge in [0, 0.05) is 4.88 Å². The maximum atomic E-state index is 12.2. The molecule has 0 aromatic carbocycles. The second-order valence-electron chi connectivity index (χ2n) is 7.43. The van der Waals surface area contributed by atoms with Crippen molar-refractivity contribution in [3.63, 3.8) is 0 Å². The van der Waals surface area contributed by atoms with Crippen LogP contribution in [0.25, 0.3) is 0 Å². The van der Waals surface area contributed by atoms with Crippen molar-refractivity contribution in [2.75, 3.05) is 18.5 Å². The van der Waals surface area contributed by atoms with E-state index >= 15 is 0 Å². The Labute approximate surface area is 170 Å². The Morgan fingerprint density at radius 2 is 1.93 bits per heavy atom. The van der Waals surface area contributed by atoms with Gasteiger partial charge in [0.05, 0.1) is 5.56 Å². The third-order valence-electron chi connectivity index (χ3n) is 4.77. The fourth-order valence-corrected chi connectivity index (χ4v) is 4.67. The maximum absolute atomic E-state index is 12.2. The van der Waals surface area contributed by atoms with Gasteiger partial charge in [-0.25, -0.2) is 4.79 Å². The number of primary amides is 1. The first-order valence-electron chi connectivity index (χ1n) is 9.14. The first-order chi connectivity index (χ1) is 13.6. The Morgan fingerprint density at radius 3 is 2.55 bits per heavy atom. The van der Waals surface area contributed by atoms with Crippen LogP contribution in [0.4, 0.5) is 9.80 Å². The van der Waals surface area contributed by atoms with Crippen molar-refractivity contribution in [1.82, 2.24) is 10.2 Å². The van der Waals surface area contributed by atoms with E-state index in [0.29, 0.717) is 10.6 Å². The molecule has 0 bridgehead atoms. The Kier molecular flexibility index (Phi) is 5.60. The molecule has 0 atom stereocenters. The molecule has 156 valence electrons. The van der Waals surface area contributed by atoms with Crippen LogP contribution in [0.15, 0.2) is 0 Å². The third-order valence-corrected chi connectivity index (χ3v) is 5.97. The number of esters is 1. The van der Waals surface area contributed by atoms with Gasteiger partial charge in [0.15, 0.2) is 6.61 Å². The predicted molar refractivity (Wildman–Crippen MR) is 103 cm³/mol. The molecule has 1 aromatic rings. The van der Waals surface area contributed by atoms with Gasteiger partial charge < -0.3 is 21.1 Å². The zero-order chi connectivity index (χ0) is 21.3. The largest absolute Gasteiger partial charge is 0.454 e. The first kappa shape index (κ1) is 20.8. The molecule has 1 aliphatic carbocycles. The topological polar surface area (TPSA) is 148 Å². The average molecular weight is 422 g/mol. The Bertz CT molecular complexity index is 906. The van der Waals surface area contributed by atoms with E-state index in [1.165, 1.54) is 25.2 Å². The number of ether oxygens (including phenoxy) is 1. The normalized spacial score (nSPS) is 17.5. The number of hydrogen-bond donors (Lipinski definition) is 3. The van der Waals surface area contributed by atoms with E-state index < -0.39 is 48.4 Å². The highest BCUT2D eigenvalue weighted by atomic mass is 32.1. The number of thiophene rings is 1. The van der Waals surface area contributed by atoms with Crippen LogP contribution in [-0.2, 0) is 32.0 Å². The molecule has 0 saturated carbocycles. The molecule has 10 nitrogen and oxygen atoms in total.